The number of nitrogens with one attached hydrogen (secondary N) is 2. The first-order chi connectivity index (χ1) is 11.7. The first-order valence-electron chi connectivity index (χ1n) is 9.08. The number of morpholine rings is 1. The van der Waals surface area contributed by atoms with Crippen molar-refractivity contribution in [3.63, 3.8) is 0 Å². The molecule has 1 amide bonds. The molecule has 7 heteroatoms. The van der Waals surface area contributed by atoms with Crippen LogP contribution in [0.3, 0.4) is 0 Å². The molecule has 1 atom stereocenters. The minimum absolute atomic E-state index is 0. The van der Waals surface area contributed by atoms with Gasteiger partial charge in [0.05, 0.1) is 19.3 Å². The smallest absolute Gasteiger partial charge is 0.234 e. The number of rotatable bonds is 8. The van der Waals surface area contributed by atoms with Crippen LogP contribution in [0.4, 0.5) is 0 Å². The second kappa shape index (κ2) is 11.8. The Morgan fingerprint density at radius 3 is 2.77 bits per heavy atom. The van der Waals surface area contributed by atoms with Crippen LogP contribution in [0.1, 0.15) is 30.9 Å². The molecular formula is C19H31Cl2N3O2. The summed E-state index contributed by atoms with van der Waals surface area (Å²) in [5.41, 5.74) is 2.45. The SMILES string of the molecule is CC1CN(Cc2cccc(CNC(=O)CNCC3CC3)c2)CCO1.Cl.Cl. The molecule has 1 aliphatic carbocycles. The summed E-state index contributed by atoms with van der Waals surface area (Å²) in [5, 5.41) is 6.22. The molecule has 1 heterocycles. The fourth-order valence-corrected chi connectivity index (χ4v) is 3.11. The van der Waals surface area contributed by atoms with Crippen LogP contribution in [0.5, 0.6) is 0 Å². The molecule has 2 fully saturated rings. The normalized spacial score (nSPS) is 20.0. The van der Waals surface area contributed by atoms with E-state index in [0.29, 0.717) is 19.2 Å². The molecule has 0 spiro atoms. The Morgan fingerprint density at radius 1 is 1.27 bits per heavy atom. The molecule has 148 valence electrons. The van der Waals surface area contributed by atoms with Gasteiger partial charge in [-0.15, -0.1) is 24.8 Å². The maximum atomic E-state index is 11.9. The van der Waals surface area contributed by atoms with E-state index in [-0.39, 0.29) is 30.7 Å². The van der Waals surface area contributed by atoms with Crippen LogP contribution in [0.15, 0.2) is 24.3 Å². The standard InChI is InChI=1S/C19H29N3O2.2ClH/c1-15-13-22(7-8-24-15)14-18-4-2-3-17(9-18)11-21-19(23)12-20-10-16-5-6-16;;/h2-4,9,15-16,20H,5-8,10-14H2,1H3,(H,21,23);2*1H. The van der Waals surface area contributed by atoms with E-state index in [1.165, 1.54) is 18.4 Å². The van der Waals surface area contributed by atoms with Gasteiger partial charge in [-0.2, -0.15) is 0 Å². The monoisotopic (exact) mass is 403 g/mol. The summed E-state index contributed by atoms with van der Waals surface area (Å²) in [6.07, 6.45) is 2.93. The fraction of sp³-hybridized carbons (Fsp3) is 0.632. The molecule has 3 rings (SSSR count). The second-order valence-corrected chi connectivity index (χ2v) is 7.09. The molecule has 1 saturated heterocycles. The highest BCUT2D eigenvalue weighted by Gasteiger charge is 2.20. The van der Waals surface area contributed by atoms with Crippen LogP contribution < -0.4 is 10.6 Å². The number of carbonyl (C=O) groups excluding carboxylic acids is 1. The van der Waals surface area contributed by atoms with Gasteiger partial charge >= 0.3 is 0 Å². The van der Waals surface area contributed by atoms with Gasteiger partial charge < -0.3 is 15.4 Å². The number of carbonyl (C=O) groups is 1. The highest BCUT2D eigenvalue weighted by Crippen LogP contribution is 2.27. The third kappa shape index (κ3) is 8.23. The first kappa shape index (κ1) is 23.2. The first-order valence-corrected chi connectivity index (χ1v) is 9.08. The van der Waals surface area contributed by atoms with Gasteiger partial charge in [-0.3, -0.25) is 9.69 Å². The Bertz CT molecular complexity index is 555. The summed E-state index contributed by atoms with van der Waals surface area (Å²) in [7, 11) is 0. The van der Waals surface area contributed by atoms with Crippen LogP contribution in [-0.2, 0) is 22.6 Å². The van der Waals surface area contributed by atoms with E-state index < -0.39 is 0 Å². The second-order valence-electron chi connectivity index (χ2n) is 7.09. The van der Waals surface area contributed by atoms with E-state index in [9.17, 15) is 4.79 Å². The van der Waals surface area contributed by atoms with Crippen molar-refractivity contribution in [1.82, 2.24) is 15.5 Å². The number of amides is 1. The molecular weight excluding hydrogens is 373 g/mol. The summed E-state index contributed by atoms with van der Waals surface area (Å²) in [4.78, 5) is 14.3. The average molecular weight is 404 g/mol. The van der Waals surface area contributed by atoms with Crippen molar-refractivity contribution in [2.75, 3.05) is 32.8 Å². The minimum atomic E-state index is 0. The lowest BCUT2D eigenvalue weighted by Crippen LogP contribution is -2.40. The maximum Gasteiger partial charge on any atom is 0.234 e. The van der Waals surface area contributed by atoms with Gasteiger partial charge in [0.2, 0.25) is 5.91 Å². The molecule has 26 heavy (non-hydrogen) atoms. The number of ether oxygens (including phenoxy) is 1. The highest BCUT2D eigenvalue weighted by atomic mass is 35.5. The molecule has 2 aliphatic rings. The predicted molar refractivity (Wildman–Crippen MR) is 109 cm³/mol. The molecule has 0 bridgehead atoms. The highest BCUT2D eigenvalue weighted by molar-refractivity contribution is 5.85. The van der Waals surface area contributed by atoms with Crippen molar-refractivity contribution in [2.45, 2.75) is 39.0 Å². The van der Waals surface area contributed by atoms with E-state index in [2.05, 4.69) is 46.7 Å². The van der Waals surface area contributed by atoms with Crippen LogP contribution in [0.2, 0.25) is 0 Å². The number of hydrogen-bond acceptors (Lipinski definition) is 4. The molecule has 1 aromatic rings. The fourth-order valence-electron chi connectivity index (χ4n) is 3.11. The van der Waals surface area contributed by atoms with Gasteiger partial charge in [0.15, 0.2) is 0 Å². The van der Waals surface area contributed by atoms with Crippen molar-refractivity contribution in [3.8, 4) is 0 Å². The molecule has 1 unspecified atom stereocenters. The van der Waals surface area contributed by atoms with Gasteiger partial charge in [0.1, 0.15) is 0 Å². The zero-order valence-corrected chi connectivity index (χ0v) is 17.0. The lowest BCUT2D eigenvalue weighted by Gasteiger charge is -2.31. The third-order valence-corrected chi connectivity index (χ3v) is 4.63. The molecule has 0 radical (unpaired) electrons. The van der Waals surface area contributed by atoms with E-state index >= 15 is 0 Å². The Morgan fingerprint density at radius 2 is 2.04 bits per heavy atom. The predicted octanol–water partition coefficient (Wildman–Crippen LogP) is 2.37. The topological polar surface area (TPSA) is 53.6 Å². The molecule has 1 saturated carbocycles. The lowest BCUT2D eigenvalue weighted by molar-refractivity contribution is -0.120. The number of halogens is 2. The van der Waals surface area contributed by atoms with Crippen molar-refractivity contribution < 1.29 is 9.53 Å². The summed E-state index contributed by atoms with van der Waals surface area (Å²) >= 11 is 0. The molecule has 1 aliphatic heterocycles. The van der Waals surface area contributed by atoms with E-state index in [4.69, 9.17) is 4.74 Å². The van der Waals surface area contributed by atoms with Crippen LogP contribution in [0.25, 0.3) is 0 Å². The summed E-state index contributed by atoms with van der Waals surface area (Å²) < 4.78 is 5.59. The van der Waals surface area contributed by atoms with Gasteiger partial charge in [-0.05, 0) is 43.4 Å². The maximum absolute atomic E-state index is 11.9. The van der Waals surface area contributed by atoms with Crippen LogP contribution >= 0.6 is 24.8 Å². The largest absolute Gasteiger partial charge is 0.376 e. The molecule has 1 aromatic carbocycles. The van der Waals surface area contributed by atoms with Crippen molar-refractivity contribution >= 4 is 30.7 Å². The molecule has 0 aromatic heterocycles. The lowest BCUT2D eigenvalue weighted by atomic mass is 10.1. The van der Waals surface area contributed by atoms with E-state index in [1.54, 1.807) is 0 Å². The Kier molecular flexibility index (Phi) is 10.5. The van der Waals surface area contributed by atoms with Crippen molar-refractivity contribution in [2.24, 2.45) is 5.92 Å². The van der Waals surface area contributed by atoms with Crippen molar-refractivity contribution in [3.05, 3.63) is 35.4 Å². The quantitative estimate of drug-likeness (QED) is 0.699. The third-order valence-electron chi connectivity index (χ3n) is 4.63. The zero-order chi connectivity index (χ0) is 16.8. The van der Waals surface area contributed by atoms with Crippen LogP contribution in [-0.4, -0.2) is 49.7 Å². The van der Waals surface area contributed by atoms with Crippen LogP contribution in [0, 0.1) is 5.92 Å². The summed E-state index contributed by atoms with van der Waals surface area (Å²) in [6.45, 7) is 7.82. The molecule has 2 N–H and O–H groups in total. The van der Waals surface area contributed by atoms with Crippen molar-refractivity contribution in [1.29, 1.82) is 0 Å². The number of nitrogens with zero attached hydrogens (tertiary/aromatic N) is 1. The van der Waals surface area contributed by atoms with E-state index in [1.807, 2.05) is 0 Å². The Hall–Kier alpha value is -0.850. The van der Waals surface area contributed by atoms with Gasteiger partial charge in [-0.1, -0.05) is 24.3 Å². The number of benzene rings is 1. The Labute approximate surface area is 169 Å². The summed E-state index contributed by atoms with van der Waals surface area (Å²) in [5.74, 6) is 0.875. The minimum Gasteiger partial charge on any atom is -0.376 e. The Balaban J connectivity index is 0.00000169. The zero-order valence-electron chi connectivity index (χ0n) is 15.4. The number of hydrogen-bond donors (Lipinski definition) is 2. The van der Waals surface area contributed by atoms with Gasteiger partial charge in [-0.25, -0.2) is 0 Å². The van der Waals surface area contributed by atoms with E-state index in [0.717, 1.165) is 44.3 Å². The van der Waals surface area contributed by atoms with Gasteiger partial charge in [0, 0.05) is 26.2 Å². The summed E-state index contributed by atoms with van der Waals surface area (Å²) in [6, 6.07) is 8.50. The molecule has 5 nitrogen and oxygen atoms in total. The average Bonchev–Trinajstić information content (AvgIpc) is 3.38. The van der Waals surface area contributed by atoms with Gasteiger partial charge in [0.25, 0.3) is 0 Å².